The van der Waals surface area contributed by atoms with Gasteiger partial charge in [-0.05, 0) is 75.5 Å². The van der Waals surface area contributed by atoms with Crippen LogP contribution < -0.4 is 9.98 Å². The molecule has 0 radical (unpaired) electrons. The second-order valence-corrected chi connectivity index (χ2v) is 9.39. The van der Waals surface area contributed by atoms with Gasteiger partial charge in [-0.1, -0.05) is 0 Å². The maximum absolute atomic E-state index is 5.19. The Hall–Kier alpha value is -1.15. The highest BCUT2D eigenvalue weighted by Crippen LogP contribution is 2.55. The van der Waals surface area contributed by atoms with E-state index in [-0.39, 0.29) is 0 Å². The predicted molar refractivity (Wildman–Crippen MR) is 98.9 cm³/mol. The highest BCUT2D eigenvalue weighted by atomic mass is 15.3. The molecule has 0 unspecified atom stereocenters. The van der Waals surface area contributed by atoms with Gasteiger partial charge in [-0.25, -0.2) is 4.67 Å². The lowest BCUT2D eigenvalue weighted by molar-refractivity contribution is -0.0115. The van der Waals surface area contributed by atoms with Gasteiger partial charge in [0.15, 0.2) is 0 Å². The fourth-order valence-electron chi connectivity index (χ4n) is 6.67. The molecule has 132 valence electrons. The lowest BCUT2D eigenvalue weighted by Crippen LogP contribution is -2.62. The first kappa shape index (κ1) is 15.1. The van der Waals surface area contributed by atoms with Gasteiger partial charge in [-0.2, -0.15) is 0 Å². The van der Waals surface area contributed by atoms with Gasteiger partial charge in [-0.15, -0.1) is 0 Å². The Bertz CT molecular complexity index is 533. The average molecular weight is 330 g/mol. The number of nitrogens with one attached hydrogen (secondary N) is 1. The van der Waals surface area contributed by atoms with Gasteiger partial charge in [0, 0.05) is 13.5 Å². The van der Waals surface area contributed by atoms with Gasteiger partial charge in [0.1, 0.15) is 0 Å². The van der Waals surface area contributed by atoms with Crippen molar-refractivity contribution in [1.29, 1.82) is 0 Å². The van der Waals surface area contributed by atoms with Crippen molar-refractivity contribution in [1.82, 2.24) is 19.8 Å². The summed E-state index contributed by atoms with van der Waals surface area (Å²) in [4.78, 5) is 4.90. The molecule has 0 aromatic carbocycles. The molecular formula is C20H33N4+. The standard InChI is InChI=1S/C20H32N4/c1-23-6-4-5-18(23)21-19(24-7-2-3-8-24)22-20-12-15-9-16(13-20)11-17(10-15)14-20/h15-17H,2-14H2,1H3/p+1. The minimum absolute atomic E-state index is 0.369. The summed E-state index contributed by atoms with van der Waals surface area (Å²) in [6.45, 7) is 3.55. The maximum Gasteiger partial charge on any atom is 0.397 e. The van der Waals surface area contributed by atoms with Gasteiger partial charge in [0.05, 0.1) is 25.2 Å². The molecule has 0 amide bonds. The van der Waals surface area contributed by atoms with Crippen LogP contribution in [0.15, 0.2) is 0 Å². The van der Waals surface area contributed by atoms with Crippen LogP contribution in [-0.2, 0) is 0 Å². The number of amidine groups is 1. The Morgan fingerprint density at radius 2 is 1.58 bits per heavy atom. The molecule has 4 aliphatic carbocycles. The first-order valence-electron chi connectivity index (χ1n) is 10.4. The number of rotatable bonds is 1. The van der Waals surface area contributed by atoms with Crippen LogP contribution in [-0.4, -0.2) is 53.8 Å². The Morgan fingerprint density at radius 1 is 0.958 bits per heavy atom. The molecule has 0 spiro atoms. The predicted octanol–water partition coefficient (Wildman–Crippen LogP) is 2.19. The molecule has 0 aromatic heterocycles. The average Bonchev–Trinajstić information content (AvgIpc) is 3.17. The van der Waals surface area contributed by atoms with Gasteiger partial charge in [0.25, 0.3) is 5.84 Å². The molecule has 2 saturated heterocycles. The monoisotopic (exact) mass is 329 g/mol. The summed E-state index contributed by atoms with van der Waals surface area (Å²) in [5, 5.41) is 4.08. The molecule has 6 aliphatic rings. The van der Waals surface area contributed by atoms with Crippen LogP contribution in [0, 0.1) is 17.8 Å². The Balaban J connectivity index is 1.46. The number of hydrogen-bond donors (Lipinski definition) is 1. The minimum atomic E-state index is 0.369. The van der Waals surface area contributed by atoms with E-state index in [0.29, 0.717) is 5.54 Å². The fourth-order valence-corrected chi connectivity index (χ4v) is 6.67. The highest BCUT2D eigenvalue weighted by Gasteiger charge is 2.53. The van der Waals surface area contributed by atoms with Crippen LogP contribution in [0.5, 0.6) is 0 Å². The van der Waals surface area contributed by atoms with Crippen molar-refractivity contribution >= 4 is 11.8 Å². The van der Waals surface area contributed by atoms with Crippen molar-refractivity contribution in [3.8, 4) is 0 Å². The SMILES string of the molecule is CN1CCCC1=[N+]=C(NC12CC3CC(CC(C3)C1)C2)N1CCCC1. The summed E-state index contributed by atoms with van der Waals surface area (Å²) in [6, 6.07) is 0. The van der Waals surface area contributed by atoms with Crippen molar-refractivity contribution in [3.05, 3.63) is 0 Å². The summed E-state index contributed by atoms with van der Waals surface area (Å²) in [7, 11) is 2.21. The van der Waals surface area contributed by atoms with E-state index in [9.17, 15) is 0 Å². The van der Waals surface area contributed by atoms with Crippen LogP contribution in [0.25, 0.3) is 0 Å². The summed E-state index contributed by atoms with van der Waals surface area (Å²) in [6.07, 6.45) is 13.8. The van der Waals surface area contributed by atoms with E-state index >= 15 is 0 Å². The van der Waals surface area contributed by atoms with E-state index in [4.69, 9.17) is 4.67 Å². The van der Waals surface area contributed by atoms with E-state index in [2.05, 4.69) is 22.2 Å². The van der Waals surface area contributed by atoms with Gasteiger partial charge < -0.3 is 4.90 Å². The topological polar surface area (TPSA) is 32.6 Å². The summed E-state index contributed by atoms with van der Waals surface area (Å²) in [5.41, 5.74) is 0.369. The van der Waals surface area contributed by atoms with E-state index in [0.717, 1.165) is 24.2 Å². The van der Waals surface area contributed by atoms with E-state index < -0.39 is 0 Å². The fraction of sp³-hybridized carbons (Fsp3) is 0.900. The van der Waals surface area contributed by atoms with Crippen LogP contribution in [0.4, 0.5) is 0 Å². The van der Waals surface area contributed by atoms with Crippen molar-refractivity contribution < 1.29 is 0 Å². The number of likely N-dealkylation sites (tertiary alicyclic amines) is 2. The smallest absolute Gasteiger partial charge is 0.302 e. The zero-order valence-electron chi connectivity index (χ0n) is 15.3. The van der Waals surface area contributed by atoms with Gasteiger partial charge in [0.2, 0.25) is 0 Å². The van der Waals surface area contributed by atoms with Crippen LogP contribution in [0.3, 0.4) is 0 Å². The second kappa shape index (κ2) is 5.69. The molecule has 24 heavy (non-hydrogen) atoms. The molecule has 4 heteroatoms. The maximum atomic E-state index is 5.19. The van der Waals surface area contributed by atoms with Crippen LogP contribution in [0.2, 0.25) is 0 Å². The summed E-state index contributed by atoms with van der Waals surface area (Å²) >= 11 is 0. The molecule has 1 N–H and O–H groups in total. The molecule has 4 nitrogen and oxygen atoms in total. The van der Waals surface area contributed by atoms with Gasteiger partial charge >= 0.3 is 5.96 Å². The lowest BCUT2D eigenvalue weighted by Gasteiger charge is -2.55. The molecule has 6 rings (SSSR count). The van der Waals surface area contributed by atoms with Crippen LogP contribution in [0.1, 0.15) is 64.2 Å². The van der Waals surface area contributed by atoms with Crippen molar-refractivity contribution in [2.24, 2.45) is 17.8 Å². The molecule has 6 fully saturated rings. The van der Waals surface area contributed by atoms with Crippen molar-refractivity contribution in [2.45, 2.75) is 69.7 Å². The Morgan fingerprint density at radius 3 is 2.12 bits per heavy atom. The lowest BCUT2D eigenvalue weighted by atomic mass is 9.53. The first-order valence-corrected chi connectivity index (χ1v) is 10.4. The van der Waals surface area contributed by atoms with E-state index in [1.54, 1.807) is 0 Å². The first-order chi connectivity index (χ1) is 11.7. The number of hydrogen-bond acceptors (Lipinski definition) is 0. The highest BCUT2D eigenvalue weighted by molar-refractivity contribution is 5.90. The van der Waals surface area contributed by atoms with Crippen LogP contribution >= 0.6 is 0 Å². The Kier molecular flexibility index (Phi) is 3.59. The molecular weight excluding hydrogens is 296 g/mol. The molecule has 2 heterocycles. The molecule has 0 aromatic rings. The molecule has 2 aliphatic heterocycles. The van der Waals surface area contributed by atoms with Crippen molar-refractivity contribution in [3.63, 3.8) is 0 Å². The Labute approximate surface area is 146 Å². The van der Waals surface area contributed by atoms with Gasteiger partial charge in [-0.3, -0.25) is 10.2 Å². The van der Waals surface area contributed by atoms with Crippen molar-refractivity contribution in [2.75, 3.05) is 26.7 Å². The summed E-state index contributed by atoms with van der Waals surface area (Å²) in [5.74, 6) is 5.49. The zero-order valence-corrected chi connectivity index (χ0v) is 15.3. The largest absolute Gasteiger partial charge is 0.397 e. The zero-order chi connectivity index (χ0) is 16.1. The molecule has 4 bridgehead atoms. The third-order valence-corrected chi connectivity index (χ3v) is 7.39. The minimum Gasteiger partial charge on any atom is -0.302 e. The van der Waals surface area contributed by atoms with E-state index in [1.165, 1.54) is 89.2 Å². The third kappa shape index (κ3) is 2.63. The summed E-state index contributed by atoms with van der Waals surface area (Å²) < 4.78 is 5.19. The second-order valence-electron chi connectivity index (χ2n) is 9.39. The normalized spacial score (nSPS) is 40.4. The molecule has 4 saturated carbocycles. The van der Waals surface area contributed by atoms with E-state index in [1.807, 2.05) is 0 Å². The quantitative estimate of drug-likeness (QED) is 0.455. The number of guanidine groups is 1. The number of nitrogens with zero attached hydrogens (tertiary/aromatic N) is 3. The molecule has 0 atom stereocenters. The third-order valence-electron chi connectivity index (χ3n) is 7.39.